The standard InChI is InChI=1S/C12H11F2NO3S/c1-8(11-6-3-7-18-11)15-19(16,17)12-9(13)4-2-5-10(12)14/h2-8,15H,1H3/t8-/m0/s1. The Bertz CT molecular complexity index is 648. The highest BCUT2D eigenvalue weighted by Crippen LogP contribution is 2.21. The molecule has 0 unspecified atom stereocenters. The molecule has 0 aliphatic rings. The second-order valence-corrected chi connectivity index (χ2v) is 5.56. The maximum atomic E-state index is 13.5. The van der Waals surface area contributed by atoms with Crippen LogP contribution in [0.2, 0.25) is 0 Å². The lowest BCUT2D eigenvalue weighted by molar-refractivity contribution is 0.455. The molecule has 1 N–H and O–H groups in total. The van der Waals surface area contributed by atoms with Crippen LogP contribution in [0.25, 0.3) is 0 Å². The molecule has 102 valence electrons. The Kier molecular flexibility index (Phi) is 3.68. The van der Waals surface area contributed by atoms with E-state index in [2.05, 4.69) is 4.72 Å². The van der Waals surface area contributed by atoms with Crippen molar-refractivity contribution in [2.75, 3.05) is 0 Å². The van der Waals surface area contributed by atoms with Gasteiger partial charge >= 0.3 is 0 Å². The molecule has 0 saturated carbocycles. The average Bonchev–Trinajstić information content (AvgIpc) is 2.80. The van der Waals surface area contributed by atoms with Crippen molar-refractivity contribution in [1.29, 1.82) is 0 Å². The zero-order valence-corrected chi connectivity index (χ0v) is 10.7. The van der Waals surface area contributed by atoms with Gasteiger partial charge in [0.1, 0.15) is 17.4 Å². The molecule has 1 heterocycles. The van der Waals surface area contributed by atoms with Crippen LogP contribution in [0.15, 0.2) is 45.9 Å². The van der Waals surface area contributed by atoms with Crippen LogP contribution < -0.4 is 4.72 Å². The quantitative estimate of drug-likeness (QED) is 0.940. The lowest BCUT2D eigenvalue weighted by Crippen LogP contribution is -2.28. The predicted molar refractivity (Wildman–Crippen MR) is 63.8 cm³/mol. The van der Waals surface area contributed by atoms with Crippen LogP contribution in [0.1, 0.15) is 18.7 Å². The van der Waals surface area contributed by atoms with E-state index in [-0.39, 0.29) is 0 Å². The highest BCUT2D eigenvalue weighted by molar-refractivity contribution is 7.89. The molecule has 0 spiro atoms. The molecule has 2 rings (SSSR count). The van der Waals surface area contributed by atoms with Gasteiger partial charge in [0, 0.05) is 0 Å². The number of hydrogen-bond acceptors (Lipinski definition) is 3. The van der Waals surface area contributed by atoms with Crippen molar-refractivity contribution < 1.29 is 21.6 Å². The fourth-order valence-electron chi connectivity index (χ4n) is 1.63. The second-order valence-electron chi connectivity index (χ2n) is 3.91. The Labute approximate surface area is 109 Å². The molecular weight excluding hydrogens is 276 g/mol. The van der Waals surface area contributed by atoms with Gasteiger partial charge in [-0.1, -0.05) is 6.07 Å². The van der Waals surface area contributed by atoms with E-state index in [4.69, 9.17) is 4.42 Å². The van der Waals surface area contributed by atoms with Crippen molar-refractivity contribution in [2.24, 2.45) is 0 Å². The van der Waals surface area contributed by atoms with Crippen molar-refractivity contribution in [3.05, 3.63) is 54.0 Å². The lowest BCUT2D eigenvalue weighted by atomic mass is 10.3. The van der Waals surface area contributed by atoms with Crippen LogP contribution in [0.5, 0.6) is 0 Å². The first kappa shape index (κ1) is 13.7. The van der Waals surface area contributed by atoms with Gasteiger partial charge in [0.15, 0.2) is 4.90 Å². The Morgan fingerprint density at radius 3 is 2.32 bits per heavy atom. The summed E-state index contributed by atoms with van der Waals surface area (Å²) >= 11 is 0. The summed E-state index contributed by atoms with van der Waals surface area (Å²) in [5.74, 6) is -1.93. The van der Waals surface area contributed by atoms with Gasteiger partial charge in [-0.05, 0) is 31.2 Å². The highest BCUT2D eigenvalue weighted by Gasteiger charge is 2.26. The SMILES string of the molecule is C[C@H](NS(=O)(=O)c1c(F)cccc1F)c1ccco1. The third-order valence-electron chi connectivity index (χ3n) is 2.49. The third kappa shape index (κ3) is 2.82. The average molecular weight is 287 g/mol. The van der Waals surface area contributed by atoms with Crippen molar-refractivity contribution in [1.82, 2.24) is 4.72 Å². The van der Waals surface area contributed by atoms with Crippen LogP contribution >= 0.6 is 0 Å². The maximum absolute atomic E-state index is 13.5. The van der Waals surface area contributed by atoms with Crippen LogP contribution in [0.4, 0.5) is 8.78 Å². The van der Waals surface area contributed by atoms with Gasteiger partial charge in [-0.3, -0.25) is 0 Å². The van der Waals surface area contributed by atoms with E-state index in [0.29, 0.717) is 5.76 Å². The first-order valence-corrected chi connectivity index (χ1v) is 6.90. The Morgan fingerprint density at radius 1 is 1.16 bits per heavy atom. The molecule has 4 nitrogen and oxygen atoms in total. The summed E-state index contributed by atoms with van der Waals surface area (Å²) < 4.78 is 58.0. The summed E-state index contributed by atoms with van der Waals surface area (Å²) in [4.78, 5) is -0.992. The molecule has 0 aliphatic carbocycles. The zero-order valence-electron chi connectivity index (χ0n) is 9.93. The van der Waals surface area contributed by atoms with Crippen molar-refractivity contribution in [3.8, 4) is 0 Å². The summed E-state index contributed by atoms with van der Waals surface area (Å²) in [6.45, 7) is 1.51. The molecule has 1 aromatic heterocycles. The zero-order chi connectivity index (χ0) is 14.0. The first-order chi connectivity index (χ1) is 8.92. The van der Waals surface area contributed by atoms with E-state index in [0.717, 1.165) is 18.2 Å². The Morgan fingerprint density at radius 2 is 1.79 bits per heavy atom. The Balaban J connectivity index is 2.33. The number of hydrogen-bond donors (Lipinski definition) is 1. The summed E-state index contributed by atoms with van der Waals surface area (Å²) in [5, 5.41) is 0. The number of rotatable bonds is 4. The number of furan rings is 1. The highest BCUT2D eigenvalue weighted by atomic mass is 32.2. The topological polar surface area (TPSA) is 59.3 Å². The molecule has 1 aromatic carbocycles. The normalized spacial score (nSPS) is 13.4. The summed E-state index contributed by atoms with van der Waals surface area (Å²) in [7, 11) is -4.31. The molecule has 2 aromatic rings. The minimum atomic E-state index is -4.31. The van der Waals surface area contributed by atoms with Crippen molar-refractivity contribution >= 4 is 10.0 Å². The molecule has 0 aliphatic heterocycles. The van der Waals surface area contributed by atoms with E-state index < -0.39 is 32.6 Å². The molecule has 7 heteroatoms. The van der Waals surface area contributed by atoms with Crippen molar-refractivity contribution in [3.63, 3.8) is 0 Å². The molecule has 0 bridgehead atoms. The van der Waals surface area contributed by atoms with Crippen LogP contribution in [0.3, 0.4) is 0 Å². The van der Waals surface area contributed by atoms with Gasteiger partial charge in [-0.2, -0.15) is 0 Å². The number of nitrogens with one attached hydrogen (secondary N) is 1. The fraction of sp³-hybridized carbons (Fsp3) is 0.167. The van der Waals surface area contributed by atoms with E-state index in [1.165, 1.54) is 13.2 Å². The van der Waals surface area contributed by atoms with E-state index in [1.807, 2.05) is 0 Å². The number of benzene rings is 1. The van der Waals surface area contributed by atoms with Crippen molar-refractivity contribution in [2.45, 2.75) is 17.9 Å². The lowest BCUT2D eigenvalue weighted by Gasteiger charge is -2.13. The van der Waals surface area contributed by atoms with Gasteiger partial charge in [0.05, 0.1) is 12.3 Å². The smallest absolute Gasteiger partial charge is 0.247 e. The van der Waals surface area contributed by atoms with Gasteiger partial charge in [-0.15, -0.1) is 0 Å². The number of sulfonamides is 1. The third-order valence-corrected chi connectivity index (χ3v) is 4.08. The van der Waals surface area contributed by atoms with E-state index >= 15 is 0 Å². The van der Waals surface area contributed by atoms with Crippen LogP contribution in [-0.4, -0.2) is 8.42 Å². The molecule has 0 saturated heterocycles. The summed E-state index contributed by atoms with van der Waals surface area (Å²) in [6.07, 6.45) is 1.38. The second kappa shape index (κ2) is 5.10. The maximum Gasteiger partial charge on any atom is 0.247 e. The van der Waals surface area contributed by atoms with Gasteiger partial charge in [-0.25, -0.2) is 21.9 Å². The minimum absolute atomic E-state index is 0.348. The summed E-state index contributed by atoms with van der Waals surface area (Å²) in [5.41, 5.74) is 0. The van der Waals surface area contributed by atoms with Gasteiger partial charge in [0.2, 0.25) is 10.0 Å². The van der Waals surface area contributed by atoms with Crippen LogP contribution in [0, 0.1) is 11.6 Å². The Hall–Kier alpha value is -1.73. The fourth-order valence-corrected chi connectivity index (χ4v) is 2.98. The minimum Gasteiger partial charge on any atom is -0.468 e. The van der Waals surface area contributed by atoms with Gasteiger partial charge < -0.3 is 4.42 Å². The predicted octanol–water partition coefficient (Wildman–Crippen LogP) is 2.60. The largest absolute Gasteiger partial charge is 0.468 e. The van der Waals surface area contributed by atoms with E-state index in [9.17, 15) is 17.2 Å². The molecule has 0 radical (unpaired) electrons. The van der Waals surface area contributed by atoms with E-state index in [1.54, 1.807) is 12.1 Å². The molecule has 0 amide bonds. The molecule has 1 atom stereocenters. The number of halogens is 2. The first-order valence-electron chi connectivity index (χ1n) is 5.41. The summed E-state index contributed by atoms with van der Waals surface area (Å²) in [6, 6.07) is 5.28. The monoisotopic (exact) mass is 287 g/mol. The molecule has 19 heavy (non-hydrogen) atoms. The van der Waals surface area contributed by atoms with Crippen LogP contribution in [-0.2, 0) is 10.0 Å². The van der Waals surface area contributed by atoms with Gasteiger partial charge in [0.25, 0.3) is 0 Å². The molecule has 0 fully saturated rings. The molecular formula is C12H11F2NO3S.